The van der Waals surface area contributed by atoms with Crippen molar-refractivity contribution in [2.45, 2.75) is 32.4 Å². The van der Waals surface area contributed by atoms with Crippen molar-refractivity contribution >= 4 is 18.3 Å². The standard InChI is InChI=1S/C11H18N4O3.ClH/c1-8-13-11(18-15-8)7-17-6-10(16)14-9-3-2-4-12-5-9;/h9,12H,2-7H2,1H3,(H,14,16);1H/t9-;/m0./s1. The molecule has 19 heavy (non-hydrogen) atoms. The van der Waals surface area contributed by atoms with E-state index in [1.807, 2.05) is 0 Å². The molecule has 0 unspecified atom stereocenters. The topological polar surface area (TPSA) is 89.3 Å². The van der Waals surface area contributed by atoms with Crippen molar-refractivity contribution in [3.63, 3.8) is 0 Å². The Labute approximate surface area is 117 Å². The van der Waals surface area contributed by atoms with Crippen molar-refractivity contribution in [1.29, 1.82) is 0 Å². The van der Waals surface area contributed by atoms with E-state index in [4.69, 9.17) is 9.26 Å². The molecule has 0 saturated carbocycles. The minimum Gasteiger partial charge on any atom is -0.362 e. The minimum atomic E-state index is -0.111. The molecule has 8 heteroatoms. The number of carbonyl (C=O) groups is 1. The molecule has 7 nitrogen and oxygen atoms in total. The van der Waals surface area contributed by atoms with E-state index in [-0.39, 0.29) is 37.6 Å². The summed E-state index contributed by atoms with van der Waals surface area (Å²) in [6, 6.07) is 0.209. The summed E-state index contributed by atoms with van der Waals surface area (Å²) in [6.07, 6.45) is 2.11. The van der Waals surface area contributed by atoms with Gasteiger partial charge in [0, 0.05) is 12.6 Å². The average Bonchev–Trinajstić information content (AvgIpc) is 2.76. The lowest BCUT2D eigenvalue weighted by Crippen LogP contribution is -2.46. The fourth-order valence-corrected chi connectivity index (χ4v) is 1.87. The van der Waals surface area contributed by atoms with Crippen LogP contribution in [0.5, 0.6) is 0 Å². The van der Waals surface area contributed by atoms with Gasteiger partial charge in [0.15, 0.2) is 5.82 Å². The first-order chi connectivity index (χ1) is 8.74. The van der Waals surface area contributed by atoms with Gasteiger partial charge in [-0.1, -0.05) is 5.16 Å². The van der Waals surface area contributed by atoms with Crippen LogP contribution < -0.4 is 10.6 Å². The second kappa shape index (κ2) is 8.08. The van der Waals surface area contributed by atoms with E-state index in [2.05, 4.69) is 20.8 Å². The highest BCUT2D eigenvalue weighted by Crippen LogP contribution is 2.01. The molecular formula is C11H19ClN4O3. The lowest BCUT2D eigenvalue weighted by Gasteiger charge is -2.23. The number of rotatable bonds is 5. The summed E-state index contributed by atoms with van der Waals surface area (Å²) in [6.45, 7) is 3.76. The predicted octanol–water partition coefficient (Wildman–Crippen LogP) is 0.185. The Morgan fingerprint density at radius 3 is 3.11 bits per heavy atom. The molecule has 2 N–H and O–H groups in total. The lowest BCUT2D eigenvalue weighted by molar-refractivity contribution is -0.127. The van der Waals surface area contributed by atoms with E-state index in [9.17, 15) is 4.79 Å². The molecule has 0 bridgehead atoms. The SMILES string of the molecule is Cc1noc(COCC(=O)N[C@H]2CCCNC2)n1.Cl. The zero-order valence-electron chi connectivity index (χ0n) is 10.8. The fraction of sp³-hybridized carbons (Fsp3) is 0.727. The smallest absolute Gasteiger partial charge is 0.252 e. The van der Waals surface area contributed by atoms with Gasteiger partial charge in [-0.3, -0.25) is 4.79 Å². The van der Waals surface area contributed by atoms with Crippen LogP contribution in [0.2, 0.25) is 0 Å². The van der Waals surface area contributed by atoms with Crippen LogP contribution in [0.25, 0.3) is 0 Å². The second-order valence-corrected chi connectivity index (χ2v) is 4.34. The van der Waals surface area contributed by atoms with Gasteiger partial charge in [-0.05, 0) is 26.3 Å². The van der Waals surface area contributed by atoms with Crippen molar-refractivity contribution < 1.29 is 14.1 Å². The van der Waals surface area contributed by atoms with E-state index in [1.165, 1.54) is 0 Å². The third-order valence-electron chi connectivity index (χ3n) is 2.69. The molecule has 0 aliphatic carbocycles. The number of amides is 1. The minimum absolute atomic E-state index is 0. The van der Waals surface area contributed by atoms with E-state index in [1.54, 1.807) is 6.92 Å². The van der Waals surface area contributed by atoms with Crippen LogP contribution in [0.4, 0.5) is 0 Å². The van der Waals surface area contributed by atoms with Crippen LogP contribution in [0.3, 0.4) is 0 Å². The monoisotopic (exact) mass is 290 g/mol. The third kappa shape index (κ3) is 5.54. The van der Waals surface area contributed by atoms with Gasteiger partial charge in [0.25, 0.3) is 5.89 Å². The van der Waals surface area contributed by atoms with Gasteiger partial charge in [-0.2, -0.15) is 4.98 Å². The van der Waals surface area contributed by atoms with Crippen molar-refractivity contribution in [2.24, 2.45) is 0 Å². The number of hydrogen-bond donors (Lipinski definition) is 2. The Hall–Kier alpha value is -1.18. The normalized spacial score (nSPS) is 18.7. The summed E-state index contributed by atoms with van der Waals surface area (Å²) in [4.78, 5) is 15.6. The number of nitrogens with one attached hydrogen (secondary N) is 2. The molecule has 1 saturated heterocycles. The highest BCUT2D eigenvalue weighted by atomic mass is 35.5. The first-order valence-corrected chi connectivity index (χ1v) is 6.11. The van der Waals surface area contributed by atoms with Gasteiger partial charge in [-0.25, -0.2) is 0 Å². The summed E-state index contributed by atoms with van der Waals surface area (Å²) in [5, 5.41) is 9.79. The summed E-state index contributed by atoms with van der Waals surface area (Å²) in [7, 11) is 0. The van der Waals surface area contributed by atoms with Gasteiger partial charge in [0.1, 0.15) is 13.2 Å². The first-order valence-electron chi connectivity index (χ1n) is 6.11. The number of aromatic nitrogens is 2. The van der Waals surface area contributed by atoms with E-state index in [0.29, 0.717) is 11.7 Å². The predicted molar refractivity (Wildman–Crippen MR) is 70.0 cm³/mol. The van der Waals surface area contributed by atoms with Crippen molar-refractivity contribution in [3.8, 4) is 0 Å². The number of nitrogens with zero attached hydrogens (tertiary/aromatic N) is 2. The molecule has 0 aromatic carbocycles. The molecule has 2 heterocycles. The van der Waals surface area contributed by atoms with Crippen LogP contribution >= 0.6 is 12.4 Å². The van der Waals surface area contributed by atoms with E-state index in [0.717, 1.165) is 25.9 Å². The van der Waals surface area contributed by atoms with Gasteiger partial charge in [-0.15, -0.1) is 12.4 Å². The average molecular weight is 291 g/mol. The zero-order valence-corrected chi connectivity index (χ0v) is 11.7. The lowest BCUT2D eigenvalue weighted by atomic mass is 10.1. The Balaban J connectivity index is 0.00000180. The number of aryl methyl sites for hydroxylation is 1. The summed E-state index contributed by atoms with van der Waals surface area (Å²) in [5.41, 5.74) is 0. The molecule has 1 aromatic rings. The first kappa shape index (κ1) is 15.9. The van der Waals surface area contributed by atoms with Gasteiger partial charge >= 0.3 is 0 Å². The molecular weight excluding hydrogens is 272 g/mol. The molecule has 1 aromatic heterocycles. The van der Waals surface area contributed by atoms with Crippen LogP contribution in [0.1, 0.15) is 24.6 Å². The number of carbonyl (C=O) groups excluding carboxylic acids is 1. The number of hydrogen-bond acceptors (Lipinski definition) is 6. The Morgan fingerprint density at radius 2 is 2.47 bits per heavy atom. The second-order valence-electron chi connectivity index (χ2n) is 4.34. The van der Waals surface area contributed by atoms with Crippen LogP contribution in [-0.2, 0) is 16.1 Å². The van der Waals surface area contributed by atoms with Crippen molar-refractivity contribution in [2.75, 3.05) is 19.7 Å². The quantitative estimate of drug-likeness (QED) is 0.804. The molecule has 1 amide bonds. The molecule has 1 aliphatic heterocycles. The van der Waals surface area contributed by atoms with Crippen LogP contribution in [0, 0.1) is 6.92 Å². The Morgan fingerprint density at radius 1 is 1.63 bits per heavy atom. The summed E-state index contributed by atoms with van der Waals surface area (Å²) in [5.74, 6) is 0.839. The maximum atomic E-state index is 11.6. The van der Waals surface area contributed by atoms with E-state index >= 15 is 0 Å². The summed E-state index contributed by atoms with van der Waals surface area (Å²) < 4.78 is 10.1. The van der Waals surface area contributed by atoms with Crippen molar-refractivity contribution in [3.05, 3.63) is 11.7 Å². The molecule has 2 rings (SSSR count). The Kier molecular flexibility index (Phi) is 6.75. The Bertz CT molecular complexity index is 393. The molecule has 1 atom stereocenters. The van der Waals surface area contributed by atoms with Crippen LogP contribution in [-0.4, -0.2) is 41.8 Å². The van der Waals surface area contributed by atoms with Crippen molar-refractivity contribution in [1.82, 2.24) is 20.8 Å². The maximum Gasteiger partial charge on any atom is 0.252 e. The third-order valence-corrected chi connectivity index (χ3v) is 2.69. The highest BCUT2D eigenvalue weighted by Gasteiger charge is 2.15. The fourth-order valence-electron chi connectivity index (χ4n) is 1.87. The number of piperidine rings is 1. The van der Waals surface area contributed by atoms with Gasteiger partial charge in [0.2, 0.25) is 5.91 Å². The van der Waals surface area contributed by atoms with E-state index < -0.39 is 0 Å². The zero-order chi connectivity index (χ0) is 12.8. The molecule has 0 radical (unpaired) electrons. The summed E-state index contributed by atoms with van der Waals surface area (Å²) >= 11 is 0. The maximum absolute atomic E-state index is 11.6. The van der Waals surface area contributed by atoms with Gasteiger partial charge < -0.3 is 19.9 Å². The molecule has 1 aliphatic rings. The number of ether oxygens (including phenoxy) is 1. The van der Waals surface area contributed by atoms with Crippen LogP contribution in [0.15, 0.2) is 4.52 Å². The van der Waals surface area contributed by atoms with Gasteiger partial charge in [0.05, 0.1) is 0 Å². The molecule has 1 fully saturated rings. The molecule has 108 valence electrons. The largest absolute Gasteiger partial charge is 0.362 e. The number of halogens is 1. The highest BCUT2D eigenvalue weighted by molar-refractivity contribution is 5.85. The molecule has 0 spiro atoms.